The van der Waals surface area contributed by atoms with E-state index in [1.54, 1.807) is 12.1 Å². The molecule has 0 bridgehead atoms. The molecule has 0 spiro atoms. The van der Waals surface area contributed by atoms with Crippen LogP contribution in [0, 0.1) is 11.6 Å². The average molecular weight is 324 g/mol. The number of nitrogens with zero attached hydrogens (tertiary/aromatic N) is 1. The van der Waals surface area contributed by atoms with Crippen LogP contribution in [0.3, 0.4) is 0 Å². The van der Waals surface area contributed by atoms with Gasteiger partial charge in [0.2, 0.25) is 0 Å². The topological polar surface area (TPSA) is 3.24 Å². The fraction of sp³-hybridized carbons (Fsp3) is 0.200. The fourth-order valence-corrected chi connectivity index (χ4v) is 3.09. The Kier molecular flexibility index (Phi) is 3.27. The molecule has 98 valence electrons. The molecule has 2 aromatic rings. The molecular formula is C15H12BrF2N. The standard InChI is InChI=1S/C15H12BrF2N/c16-9-12-13(18)2-1-3-14(12)19-7-6-10-4-5-11(17)8-15(10)19/h1-5,8H,6-7,9H2. The molecule has 0 saturated heterocycles. The Morgan fingerprint density at radius 1 is 1.11 bits per heavy atom. The van der Waals surface area contributed by atoms with Gasteiger partial charge in [0.15, 0.2) is 0 Å². The number of rotatable bonds is 2. The predicted molar refractivity (Wildman–Crippen MR) is 76.1 cm³/mol. The maximum atomic E-state index is 13.8. The lowest BCUT2D eigenvalue weighted by atomic mass is 10.1. The minimum atomic E-state index is -0.262. The van der Waals surface area contributed by atoms with Crippen molar-refractivity contribution in [3.8, 4) is 0 Å². The highest BCUT2D eigenvalue weighted by Crippen LogP contribution is 2.37. The molecule has 0 fully saturated rings. The molecule has 0 atom stereocenters. The van der Waals surface area contributed by atoms with Crippen molar-refractivity contribution in [2.75, 3.05) is 11.4 Å². The smallest absolute Gasteiger partial charge is 0.129 e. The van der Waals surface area contributed by atoms with Crippen LogP contribution in [0.1, 0.15) is 11.1 Å². The molecule has 3 rings (SSSR count). The van der Waals surface area contributed by atoms with E-state index in [0.29, 0.717) is 10.9 Å². The zero-order chi connectivity index (χ0) is 13.4. The molecule has 2 aromatic carbocycles. The maximum Gasteiger partial charge on any atom is 0.129 e. The molecule has 0 aliphatic carbocycles. The highest BCUT2D eigenvalue weighted by Gasteiger charge is 2.23. The molecule has 1 aliphatic rings. The maximum absolute atomic E-state index is 13.8. The first-order valence-corrected chi connectivity index (χ1v) is 7.22. The van der Waals surface area contributed by atoms with Gasteiger partial charge in [0, 0.05) is 28.8 Å². The highest BCUT2D eigenvalue weighted by atomic mass is 79.9. The van der Waals surface area contributed by atoms with E-state index in [1.807, 2.05) is 11.0 Å². The van der Waals surface area contributed by atoms with Gasteiger partial charge in [-0.2, -0.15) is 0 Å². The van der Waals surface area contributed by atoms with Crippen molar-refractivity contribution in [2.45, 2.75) is 11.8 Å². The third-order valence-electron chi connectivity index (χ3n) is 3.46. The summed E-state index contributed by atoms with van der Waals surface area (Å²) in [6, 6.07) is 9.80. The molecule has 1 aliphatic heterocycles. The molecule has 1 heterocycles. The van der Waals surface area contributed by atoms with Crippen LogP contribution < -0.4 is 4.90 Å². The van der Waals surface area contributed by atoms with Gasteiger partial charge in [0.25, 0.3) is 0 Å². The number of hydrogen-bond donors (Lipinski definition) is 0. The Morgan fingerprint density at radius 2 is 1.95 bits per heavy atom. The van der Waals surface area contributed by atoms with Crippen LogP contribution in [-0.4, -0.2) is 6.54 Å². The molecule has 0 saturated carbocycles. The number of benzene rings is 2. The summed E-state index contributed by atoms with van der Waals surface area (Å²) in [5.41, 5.74) is 3.36. The molecular weight excluding hydrogens is 312 g/mol. The average Bonchev–Trinajstić information content (AvgIpc) is 2.81. The SMILES string of the molecule is Fc1ccc2c(c1)N(c1cccc(F)c1CBr)CC2. The predicted octanol–water partition coefficient (Wildman–Crippen LogP) is 4.55. The van der Waals surface area contributed by atoms with Gasteiger partial charge in [-0.1, -0.05) is 28.1 Å². The van der Waals surface area contributed by atoms with E-state index in [-0.39, 0.29) is 11.6 Å². The molecule has 0 unspecified atom stereocenters. The van der Waals surface area contributed by atoms with Crippen LogP contribution in [0.2, 0.25) is 0 Å². The molecule has 19 heavy (non-hydrogen) atoms. The van der Waals surface area contributed by atoms with Crippen LogP contribution in [0.25, 0.3) is 0 Å². The van der Waals surface area contributed by atoms with Crippen LogP contribution in [0.15, 0.2) is 36.4 Å². The third kappa shape index (κ3) is 2.14. The largest absolute Gasteiger partial charge is 0.341 e. The second-order valence-corrected chi connectivity index (χ2v) is 5.11. The van der Waals surface area contributed by atoms with E-state index in [9.17, 15) is 8.78 Å². The summed E-state index contributed by atoms with van der Waals surface area (Å²) in [6.07, 6.45) is 0.855. The Morgan fingerprint density at radius 3 is 2.74 bits per heavy atom. The minimum Gasteiger partial charge on any atom is -0.341 e. The molecule has 0 aromatic heterocycles. The van der Waals surface area contributed by atoms with Crippen LogP contribution in [0.5, 0.6) is 0 Å². The van der Waals surface area contributed by atoms with Gasteiger partial charge in [-0.25, -0.2) is 8.78 Å². The molecule has 0 N–H and O–H groups in total. The number of halogens is 3. The van der Waals surface area contributed by atoms with Crippen LogP contribution >= 0.6 is 15.9 Å². The van der Waals surface area contributed by atoms with Crippen molar-refractivity contribution in [3.63, 3.8) is 0 Å². The number of alkyl halides is 1. The van der Waals surface area contributed by atoms with Gasteiger partial charge in [0.05, 0.1) is 0 Å². The van der Waals surface area contributed by atoms with Crippen molar-refractivity contribution in [1.29, 1.82) is 0 Å². The normalized spacial score (nSPS) is 13.7. The first kappa shape index (κ1) is 12.6. The van der Waals surface area contributed by atoms with Gasteiger partial charge in [0.1, 0.15) is 11.6 Å². The van der Waals surface area contributed by atoms with E-state index >= 15 is 0 Å². The van der Waals surface area contributed by atoms with Crippen molar-refractivity contribution < 1.29 is 8.78 Å². The van der Waals surface area contributed by atoms with E-state index in [2.05, 4.69) is 15.9 Å². The molecule has 1 nitrogen and oxygen atoms in total. The number of anilines is 2. The first-order chi connectivity index (χ1) is 9.20. The number of fused-ring (bicyclic) bond motifs is 1. The summed E-state index contributed by atoms with van der Waals surface area (Å²) in [5, 5.41) is 0.441. The lowest BCUT2D eigenvalue weighted by Crippen LogP contribution is -2.15. The summed E-state index contributed by atoms with van der Waals surface area (Å²) in [5.74, 6) is -0.498. The van der Waals surface area contributed by atoms with E-state index < -0.39 is 0 Å². The fourth-order valence-electron chi connectivity index (χ4n) is 2.54. The first-order valence-electron chi connectivity index (χ1n) is 6.10. The van der Waals surface area contributed by atoms with Gasteiger partial charge in [-0.3, -0.25) is 0 Å². The summed E-state index contributed by atoms with van der Waals surface area (Å²) in [4.78, 5) is 1.98. The van der Waals surface area contributed by atoms with E-state index in [4.69, 9.17) is 0 Å². The Balaban J connectivity index is 2.11. The van der Waals surface area contributed by atoms with Gasteiger partial charge < -0.3 is 4.90 Å². The second-order valence-electron chi connectivity index (χ2n) is 4.55. The lowest BCUT2D eigenvalue weighted by molar-refractivity contribution is 0.617. The second kappa shape index (κ2) is 4.93. The Labute approximate surface area is 119 Å². The van der Waals surface area contributed by atoms with Gasteiger partial charge >= 0.3 is 0 Å². The zero-order valence-corrected chi connectivity index (χ0v) is 11.8. The molecule has 0 amide bonds. The summed E-state index contributed by atoms with van der Waals surface area (Å²) >= 11 is 3.32. The van der Waals surface area contributed by atoms with Crippen molar-refractivity contribution in [2.24, 2.45) is 0 Å². The minimum absolute atomic E-state index is 0.237. The molecule has 4 heteroatoms. The van der Waals surface area contributed by atoms with Gasteiger partial charge in [-0.15, -0.1) is 0 Å². The van der Waals surface area contributed by atoms with Gasteiger partial charge in [-0.05, 0) is 36.2 Å². The van der Waals surface area contributed by atoms with E-state index in [1.165, 1.54) is 18.2 Å². The lowest BCUT2D eigenvalue weighted by Gasteiger charge is -2.22. The van der Waals surface area contributed by atoms with E-state index in [0.717, 1.165) is 29.9 Å². The van der Waals surface area contributed by atoms with Crippen LogP contribution in [-0.2, 0) is 11.8 Å². The van der Waals surface area contributed by atoms with Crippen LogP contribution in [0.4, 0.5) is 20.2 Å². The van der Waals surface area contributed by atoms with Crippen molar-refractivity contribution in [3.05, 3.63) is 59.2 Å². The third-order valence-corrected chi connectivity index (χ3v) is 4.02. The highest BCUT2D eigenvalue weighted by molar-refractivity contribution is 9.08. The monoisotopic (exact) mass is 323 g/mol. The Hall–Kier alpha value is -1.42. The molecule has 0 radical (unpaired) electrons. The Bertz CT molecular complexity index is 628. The van der Waals surface area contributed by atoms with Crippen molar-refractivity contribution >= 4 is 27.3 Å². The summed E-state index contributed by atoms with van der Waals surface area (Å²) < 4.78 is 27.2. The zero-order valence-electron chi connectivity index (χ0n) is 10.2. The summed E-state index contributed by atoms with van der Waals surface area (Å²) in [7, 11) is 0. The van der Waals surface area contributed by atoms with Crippen molar-refractivity contribution in [1.82, 2.24) is 0 Å². The number of hydrogen-bond acceptors (Lipinski definition) is 1. The summed E-state index contributed by atoms with van der Waals surface area (Å²) in [6.45, 7) is 0.752. The quantitative estimate of drug-likeness (QED) is 0.733.